The van der Waals surface area contributed by atoms with Crippen molar-refractivity contribution >= 4 is 23.3 Å². The van der Waals surface area contributed by atoms with Crippen LogP contribution in [0.2, 0.25) is 5.02 Å². The predicted molar refractivity (Wildman–Crippen MR) is 97.3 cm³/mol. The van der Waals surface area contributed by atoms with E-state index in [1.165, 1.54) is 0 Å². The van der Waals surface area contributed by atoms with Crippen molar-refractivity contribution in [3.63, 3.8) is 0 Å². The minimum absolute atomic E-state index is 0.183. The summed E-state index contributed by atoms with van der Waals surface area (Å²) in [5.74, 6) is 0.605. The summed E-state index contributed by atoms with van der Waals surface area (Å²) in [6, 6.07) is 8.89. The first-order valence-corrected chi connectivity index (χ1v) is 8.93. The maximum Gasteiger partial charge on any atom is 0.335 e. The van der Waals surface area contributed by atoms with Gasteiger partial charge in [0.05, 0.1) is 0 Å². The van der Waals surface area contributed by atoms with Gasteiger partial charge < -0.3 is 14.2 Å². The zero-order valence-electron chi connectivity index (χ0n) is 14.8. The fourth-order valence-corrected chi connectivity index (χ4v) is 3.08. The molecule has 3 rings (SSSR count). The summed E-state index contributed by atoms with van der Waals surface area (Å²) < 4.78 is 10.8. The molecule has 1 aromatic carbocycles. The van der Waals surface area contributed by atoms with Gasteiger partial charge in [-0.2, -0.15) is 0 Å². The minimum Gasteiger partial charge on any atom is -0.403 e. The van der Waals surface area contributed by atoms with Crippen LogP contribution in [0, 0.1) is 0 Å². The van der Waals surface area contributed by atoms with Crippen molar-refractivity contribution in [1.29, 1.82) is 0 Å². The Morgan fingerprint density at radius 1 is 1.28 bits per heavy atom. The molecule has 1 atom stereocenters. The van der Waals surface area contributed by atoms with Gasteiger partial charge in [-0.15, -0.1) is 0 Å². The zero-order chi connectivity index (χ0) is 18.0. The van der Waals surface area contributed by atoms with Crippen LogP contribution in [-0.4, -0.2) is 23.7 Å². The maximum absolute atomic E-state index is 12.7. The number of aromatic nitrogens is 1. The van der Waals surface area contributed by atoms with Crippen molar-refractivity contribution in [3.8, 4) is 5.88 Å². The van der Waals surface area contributed by atoms with E-state index >= 15 is 0 Å². The smallest absolute Gasteiger partial charge is 0.335 e. The normalized spacial score (nSPS) is 18.2. The second-order valence-corrected chi connectivity index (χ2v) is 7.82. The summed E-state index contributed by atoms with van der Waals surface area (Å²) in [4.78, 5) is 14.8. The first-order chi connectivity index (χ1) is 11.8. The van der Waals surface area contributed by atoms with E-state index in [9.17, 15) is 4.79 Å². The van der Waals surface area contributed by atoms with Gasteiger partial charge in [0.15, 0.2) is 0 Å². The molecule has 1 saturated heterocycles. The van der Waals surface area contributed by atoms with Crippen LogP contribution in [0.1, 0.15) is 45.8 Å². The van der Waals surface area contributed by atoms with Crippen LogP contribution in [0.25, 0.3) is 0 Å². The van der Waals surface area contributed by atoms with E-state index in [1.807, 2.05) is 45.0 Å². The van der Waals surface area contributed by atoms with Crippen molar-refractivity contribution < 1.29 is 14.1 Å². The van der Waals surface area contributed by atoms with E-state index in [0.717, 1.165) is 31.5 Å². The lowest BCUT2D eigenvalue weighted by molar-refractivity contribution is -0.136. The van der Waals surface area contributed by atoms with Crippen LogP contribution in [0.15, 0.2) is 34.9 Å². The Hall–Kier alpha value is -2.01. The van der Waals surface area contributed by atoms with Gasteiger partial charge in [0.2, 0.25) is 0 Å². The Kier molecular flexibility index (Phi) is 5.04. The lowest BCUT2D eigenvalue weighted by Crippen LogP contribution is -2.46. The summed E-state index contributed by atoms with van der Waals surface area (Å²) >= 11 is 5.97. The maximum atomic E-state index is 12.7. The monoisotopic (exact) mass is 362 g/mol. The number of carbonyl (C=O) groups excluding carboxylic acids is 1. The SMILES string of the molecule is CC(C)(C)c1cc(OC(=O)C2CCCCN2c2ccc(Cl)cc2)no1. The summed E-state index contributed by atoms with van der Waals surface area (Å²) in [7, 11) is 0. The first kappa shape index (κ1) is 17.8. The molecule has 2 aromatic rings. The van der Waals surface area contributed by atoms with Crippen molar-refractivity contribution in [2.45, 2.75) is 51.5 Å². The van der Waals surface area contributed by atoms with Crippen molar-refractivity contribution in [1.82, 2.24) is 5.16 Å². The number of benzene rings is 1. The number of hydrogen-bond acceptors (Lipinski definition) is 5. The molecule has 0 N–H and O–H groups in total. The van der Waals surface area contributed by atoms with Gasteiger partial charge >= 0.3 is 5.97 Å². The van der Waals surface area contributed by atoms with Crippen LogP contribution >= 0.6 is 11.6 Å². The lowest BCUT2D eigenvalue weighted by atomic mass is 9.94. The van der Waals surface area contributed by atoms with Crippen LogP contribution < -0.4 is 9.64 Å². The Labute approximate surface area is 152 Å². The molecule has 5 nitrogen and oxygen atoms in total. The summed E-state index contributed by atoms with van der Waals surface area (Å²) in [5, 5.41) is 4.55. The van der Waals surface area contributed by atoms with Gasteiger partial charge in [-0.1, -0.05) is 32.4 Å². The Morgan fingerprint density at radius 2 is 2.00 bits per heavy atom. The molecule has 1 aliphatic rings. The molecule has 6 heteroatoms. The molecule has 0 bridgehead atoms. The van der Waals surface area contributed by atoms with Crippen LogP contribution in [-0.2, 0) is 10.2 Å². The average Bonchev–Trinajstić information content (AvgIpc) is 3.04. The van der Waals surface area contributed by atoms with Gasteiger partial charge in [0, 0.05) is 28.7 Å². The zero-order valence-corrected chi connectivity index (χ0v) is 15.5. The van der Waals surface area contributed by atoms with Crippen molar-refractivity contribution in [2.24, 2.45) is 0 Å². The van der Waals surface area contributed by atoms with Gasteiger partial charge in [-0.3, -0.25) is 0 Å². The van der Waals surface area contributed by atoms with Crippen molar-refractivity contribution in [2.75, 3.05) is 11.4 Å². The fraction of sp³-hybridized carbons (Fsp3) is 0.474. The highest BCUT2D eigenvalue weighted by molar-refractivity contribution is 6.30. The lowest BCUT2D eigenvalue weighted by Gasteiger charge is -2.35. The predicted octanol–water partition coefficient (Wildman–Crippen LogP) is 4.59. The van der Waals surface area contributed by atoms with E-state index < -0.39 is 0 Å². The van der Waals surface area contributed by atoms with Crippen molar-refractivity contribution in [3.05, 3.63) is 41.1 Å². The highest BCUT2D eigenvalue weighted by atomic mass is 35.5. The number of hydrogen-bond donors (Lipinski definition) is 0. The van der Waals surface area contributed by atoms with Gasteiger partial charge in [0.1, 0.15) is 11.8 Å². The first-order valence-electron chi connectivity index (χ1n) is 8.56. The Bertz CT molecular complexity index is 734. The third-order valence-electron chi connectivity index (χ3n) is 4.37. The molecule has 1 unspecified atom stereocenters. The number of carbonyl (C=O) groups is 1. The highest BCUT2D eigenvalue weighted by Crippen LogP contribution is 2.29. The fourth-order valence-electron chi connectivity index (χ4n) is 2.95. The summed E-state index contributed by atoms with van der Waals surface area (Å²) in [6.07, 6.45) is 2.80. The average molecular weight is 363 g/mol. The van der Waals surface area contributed by atoms with Crippen LogP contribution in [0.3, 0.4) is 0 Å². The molecule has 1 aliphatic heterocycles. The van der Waals surface area contributed by atoms with E-state index in [1.54, 1.807) is 6.07 Å². The standard InChI is InChI=1S/C19H23ClN2O3/c1-19(2,3)16-12-17(21-25-16)24-18(23)15-6-4-5-11-22(15)14-9-7-13(20)8-10-14/h7-10,12,15H,4-6,11H2,1-3H3. The molecule has 2 heterocycles. The highest BCUT2D eigenvalue weighted by Gasteiger charge is 2.31. The Morgan fingerprint density at radius 3 is 2.64 bits per heavy atom. The number of ether oxygens (including phenoxy) is 1. The molecule has 0 spiro atoms. The number of rotatable bonds is 3. The number of halogens is 1. The summed E-state index contributed by atoms with van der Waals surface area (Å²) in [5.41, 5.74) is 0.791. The van der Waals surface area contributed by atoms with Gasteiger partial charge in [0.25, 0.3) is 5.88 Å². The molecular formula is C19H23ClN2O3. The Balaban J connectivity index is 1.74. The van der Waals surface area contributed by atoms with E-state index in [4.69, 9.17) is 20.9 Å². The number of anilines is 1. The number of nitrogens with zero attached hydrogens (tertiary/aromatic N) is 2. The molecule has 0 saturated carbocycles. The van der Waals surface area contributed by atoms with E-state index in [0.29, 0.717) is 10.8 Å². The summed E-state index contributed by atoms with van der Waals surface area (Å²) in [6.45, 7) is 6.86. The molecule has 25 heavy (non-hydrogen) atoms. The number of esters is 1. The third kappa shape index (κ3) is 4.15. The second-order valence-electron chi connectivity index (χ2n) is 7.38. The molecule has 0 amide bonds. The largest absolute Gasteiger partial charge is 0.403 e. The molecule has 134 valence electrons. The van der Waals surface area contributed by atoms with Crippen LogP contribution in [0.4, 0.5) is 5.69 Å². The molecular weight excluding hydrogens is 340 g/mol. The second kappa shape index (κ2) is 7.08. The number of piperidine rings is 1. The third-order valence-corrected chi connectivity index (χ3v) is 4.62. The molecule has 0 aliphatic carbocycles. The van der Waals surface area contributed by atoms with Gasteiger partial charge in [-0.25, -0.2) is 4.79 Å². The van der Waals surface area contributed by atoms with Gasteiger partial charge in [-0.05, 0) is 48.7 Å². The van der Waals surface area contributed by atoms with Crippen LogP contribution in [0.5, 0.6) is 5.88 Å². The minimum atomic E-state index is -0.329. The quantitative estimate of drug-likeness (QED) is 0.747. The topological polar surface area (TPSA) is 55.6 Å². The molecule has 1 fully saturated rings. The van der Waals surface area contributed by atoms with E-state index in [2.05, 4.69) is 10.1 Å². The molecule has 0 radical (unpaired) electrons. The molecule has 1 aromatic heterocycles. The van der Waals surface area contributed by atoms with E-state index in [-0.39, 0.29) is 23.3 Å².